The number of piperidine rings is 2. The third-order valence-electron chi connectivity index (χ3n) is 15.7. The third kappa shape index (κ3) is 5.65. The van der Waals surface area contributed by atoms with E-state index < -0.39 is 23.1 Å². The van der Waals surface area contributed by atoms with Crippen molar-refractivity contribution in [3.63, 3.8) is 0 Å². The van der Waals surface area contributed by atoms with Gasteiger partial charge in [-0.1, -0.05) is 40.0 Å². The first-order valence-electron chi connectivity index (χ1n) is 21.4. The average Bonchev–Trinajstić information content (AvgIpc) is 3.77. The molecule has 12 atom stereocenters. The molecule has 2 saturated heterocycles. The van der Waals surface area contributed by atoms with E-state index in [9.17, 15) is 24.3 Å². The Kier molecular flexibility index (Phi) is 9.67. The normalized spacial score (nSPS) is 38.8. The van der Waals surface area contributed by atoms with Crippen LogP contribution in [-0.2, 0) is 61.2 Å². The highest BCUT2D eigenvalue weighted by molar-refractivity contribution is 5.84. The summed E-state index contributed by atoms with van der Waals surface area (Å²) in [5.74, 6) is 1.53. The molecule has 13 heteroatoms. The van der Waals surface area contributed by atoms with Crippen LogP contribution in [0, 0.1) is 29.6 Å². The number of ether oxygens (including phenoxy) is 3. The van der Waals surface area contributed by atoms with Gasteiger partial charge >= 0.3 is 11.9 Å². The molecule has 11 unspecified atom stereocenters. The van der Waals surface area contributed by atoms with Crippen molar-refractivity contribution >= 4 is 11.9 Å². The van der Waals surface area contributed by atoms with Gasteiger partial charge in [0.25, 0.3) is 11.1 Å². The lowest BCUT2D eigenvalue weighted by Gasteiger charge is -2.49. The van der Waals surface area contributed by atoms with Gasteiger partial charge in [0.05, 0.1) is 29.3 Å². The summed E-state index contributed by atoms with van der Waals surface area (Å²) in [6.07, 6.45) is 11.5. The fraction of sp³-hybridized carbons (Fsp3) is 0.721. The summed E-state index contributed by atoms with van der Waals surface area (Å²) in [7, 11) is 1.82. The van der Waals surface area contributed by atoms with E-state index in [1.54, 1.807) is 6.92 Å². The Bertz CT molecular complexity index is 2050. The fourth-order valence-electron chi connectivity index (χ4n) is 12.5. The maximum Gasteiger partial charge on any atom is 0.343 e. The van der Waals surface area contributed by atoms with E-state index in [0.717, 1.165) is 56.6 Å². The van der Waals surface area contributed by atoms with Crippen molar-refractivity contribution < 1.29 is 28.9 Å². The predicted octanol–water partition coefficient (Wildman–Crippen LogP) is 3.68. The van der Waals surface area contributed by atoms with Gasteiger partial charge in [0.1, 0.15) is 18.8 Å². The van der Waals surface area contributed by atoms with Gasteiger partial charge in [-0.25, -0.2) is 9.59 Å². The fourth-order valence-corrected chi connectivity index (χ4v) is 12.5. The maximum atomic E-state index is 13.4. The smallest absolute Gasteiger partial charge is 0.343 e. The largest absolute Gasteiger partial charge is 0.459 e. The van der Waals surface area contributed by atoms with Crippen molar-refractivity contribution in [2.24, 2.45) is 35.3 Å². The summed E-state index contributed by atoms with van der Waals surface area (Å²) >= 11 is 0. The van der Waals surface area contributed by atoms with Crippen LogP contribution in [-0.4, -0.2) is 51.5 Å². The van der Waals surface area contributed by atoms with Crippen LogP contribution in [0.4, 0.5) is 0 Å². The monoisotopic (exact) mass is 773 g/mol. The van der Waals surface area contributed by atoms with Gasteiger partial charge in [0.2, 0.25) is 0 Å². The van der Waals surface area contributed by atoms with E-state index in [0.29, 0.717) is 76.5 Å². The number of hydrogen-bond donors (Lipinski definition) is 4. The molecule has 0 aromatic carbocycles. The molecule has 13 nitrogen and oxygen atoms in total. The van der Waals surface area contributed by atoms with E-state index >= 15 is 0 Å². The molecule has 8 aliphatic rings. The molecule has 10 rings (SSSR count). The highest BCUT2D eigenvalue weighted by atomic mass is 16.6. The Morgan fingerprint density at radius 2 is 1.45 bits per heavy atom. The number of aliphatic hydroxyl groups is 1. The van der Waals surface area contributed by atoms with Gasteiger partial charge in [-0.15, -0.1) is 0 Å². The van der Waals surface area contributed by atoms with Crippen molar-refractivity contribution in [1.29, 1.82) is 0 Å². The highest BCUT2D eigenvalue weighted by Gasteiger charge is 2.52. The number of esters is 2. The SMILES string of the molecule is CCC1(O)C(=O)OCc2c1cc1n(c2=O)CC2CC3CCCCC3NC12.CCC1C2CC(OC)CCC2NC2c3cc4c(c(=O)n3CC21)COC(=O)[C@]4(N)CC. The second-order valence-corrected chi connectivity index (χ2v) is 18.1. The van der Waals surface area contributed by atoms with Crippen LogP contribution in [0.1, 0.15) is 137 Å². The molecule has 0 spiro atoms. The Morgan fingerprint density at radius 3 is 2.16 bits per heavy atom. The van der Waals surface area contributed by atoms with E-state index in [-0.39, 0.29) is 42.8 Å². The van der Waals surface area contributed by atoms with Crippen molar-refractivity contribution in [2.45, 2.75) is 159 Å². The molecule has 0 amide bonds. The Balaban J connectivity index is 0.000000148. The summed E-state index contributed by atoms with van der Waals surface area (Å²) in [4.78, 5) is 51.2. The number of carbonyl (C=O) groups is 2. The number of aromatic nitrogens is 2. The van der Waals surface area contributed by atoms with Crippen molar-refractivity contribution in [3.05, 3.63) is 66.5 Å². The first-order valence-corrected chi connectivity index (χ1v) is 21.4. The zero-order chi connectivity index (χ0) is 39.3. The number of pyridine rings is 2. The van der Waals surface area contributed by atoms with Crippen molar-refractivity contribution in [1.82, 2.24) is 19.8 Å². The average molecular weight is 774 g/mol. The molecule has 2 aliphatic carbocycles. The lowest BCUT2D eigenvalue weighted by molar-refractivity contribution is -0.172. The van der Waals surface area contributed by atoms with E-state index in [1.165, 1.54) is 25.7 Å². The Hall–Kier alpha value is -3.36. The molecule has 8 heterocycles. The van der Waals surface area contributed by atoms with Gasteiger partial charge in [-0.2, -0.15) is 0 Å². The third-order valence-corrected chi connectivity index (χ3v) is 15.7. The van der Waals surface area contributed by atoms with Crippen LogP contribution in [0.25, 0.3) is 0 Å². The van der Waals surface area contributed by atoms with Gasteiger partial charge in [-0.3, -0.25) is 9.59 Å². The molecule has 6 aliphatic heterocycles. The summed E-state index contributed by atoms with van der Waals surface area (Å²) in [5, 5.41) is 18.6. The molecule has 304 valence electrons. The zero-order valence-corrected chi connectivity index (χ0v) is 33.3. The van der Waals surface area contributed by atoms with Crippen LogP contribution >= 0.6 is 0 Å². The molecule has 0 radical (unpaired) electrons. The van der Waals surface area contributed by atoms with Gasteiger partial charge < -0.3 is 44.8 Å². The van der Waals surface area contributed by atoms with E-state index in [2.05, 4.69) is 17.6 Å². The molecule has 0 bridgehead atoms. The molecule has 2 aromatic heterocycles. The van der Waals surface area contributed by atoms with Gasteiger partial charge in [-0.05, 0) is 92.7 Å². The number of fused-ring (bicyclic) bond motifs is 10. The molecular formula is C43H59N5O8. The minimum atomic E-state index is -1.71. The number of nitrogens with zero attached hydrogens (tertiary/aromatic N) is 2. The summed E-state index contributed by atoms with van der Waals surface area (Å²) in [6, 6.07) is 5.18. The standard InChI is InChI=1S/C23H33N3O4.C20H26N2O4/c1-4-13-14-8-12(29-3)6-7-18(14)25-20-15(13)10-26-19(20)9-17-16(21(26)27)11-30-22(28)23(17,24)5-2;1-2-20(25)14-8-16-17-12(7-11-5-3-4-6-15(11)21-17)9-22(16)18(23)13(14)10-26-19(20)24/h9,12-15,18,20,25H,4-8,10-11,24H2,1-3H3;8,11-12,15,17,21,25H,2-7,9-10H2,1H3/t12?,13?,14?,15?,18?,20?,23-;/m0./s1. The van der Waals surface area contributed by atoms with Gasteiger partial charge in [0.15, 0.2) is 5.60 Å². The van der Waals surface area contributed by atoms with Crippen molar-refractivity contribution in [3.8, 4) is 0 Å². The Labute approximate surface area is 328 Å². The van der Waals surface area contributed by atoms with Crippen molar-refractivity contribution in [2.75, 3.05) is 7.11 Å². The second kappa shape index (κ2) is 14.2. The number of rotatable bonds is 4. The highest BCUT2D eigenvalue weighted by Crippen LogP contribution is 2.50. The quantitative estimate of drug-likeness (QED) is 0.334. The maximum absolute atomic E-state index is 13.4. The lowest BCUT2D eigenvalue weighted by Crippen LogP contribution is -2.54. The molecule has 2 saturated carbocycles. The molecule has 2 aromatic rings. The van der Waals surface area contributed by atoms with E-state index in [4.69, 9.17) is 19.9 Å². The van der Waals surface area contributed by atoms with Crippen LogP contribution < -0.4 is 27.5 Å². The summed E-state index contributed by atoms with van der Waals surface area (Å²) in [5.41, 5.74) is 7.43. The van der Waals surface area contributed by atoms with Crippen LogP contribution in [0.5, 0.6) is 0 Å². The van der Waals surface area contributed by atoms with Crippen LogP contribution in [0.3, 0.4) is 0 Å². The number of cyclic esters (lactones) is 2. The molecular weight excluding hydrogens is 714 g/mol. The second-order valence-electron chi connectivity index (χ2n) is 18.1. The van der Waals surface area contributed by atoms with E-state index in [1.807, 2.05) is 35.3 Å². The predicted molar refractivity (Wildman–Crippen MR) is 206 cm³/mol. The van der Waals surface area contributed by atoms with Crippen LogP contribution in [0.2, 0.25) is 0 Å². The number of nitrogens with two attached hydrogens (primary N) is 1. The first-order chi connectivity index (χ1) is 26.9. The first kappa shape index (κ1) is 38.2. The number of nitrogens with one attached hydrogen (secondary N) is 2. The number of carbonyl (C=O) groups excluding carboxylic acids is 2. The molecule has 5 N–H and O–H groups in total. The van der Waals surface area contributed by atoms with Gasteiger partial charge in [0, 0.05) is 55.2 Å². The lowest BCUT2D eigenvalue weighted by atomic mass is 9.65. The Morgan fingerprint density at radius 1 is 0.786 bits per heavy atom. The molecule has 4 fully saturated rings. The zero-order valence-electron chi connectivity index (χ0n) is 33.3. The number of methoxy groups -OCH3 is 1. The van der Waals surface area contributed by atoms with Crippen LogP contribution in [0.15, 0.2) is 21.7 Å². The minimum Gasteiger partial charge on any atom is -0.459 e. The minimum absolute atomic E-state index is 0.0208. The molecule has 56 heavy (non-hydrogen) atoms. The number of hydrogen-bond acceptors (Lipinski definition) is 11. The summed E-state index contributed by atoms with van der Waals surface area (Å²) in [6.45, 7) is 7.31. The summed E-state index contributed by atoms with van der Waals surface area (Å²) < 4.78 is 19.9. The topological polar surface area (TPSA) is 176 Å².